The molecule has 0 unspecified atom stereocenters. The standard InChI is InChI=1S/C13H21NO4S2/c1-13(2,10-14)8-9-20(17,18)12-6-4-11(5-7-12)19(3,15)16/h4-7H,8-10,14H2,1-3H3. The number of hydrogen-bond acceptors (Lipinski definition) is 5. The normalized spacial score (nSPS) is 13.4. The van der Waals surface area contributed by atoms with Gasteiger partial charge >= 0.3 is 0 Å². The zero-order chi connectivity index (χ0) is 15.6. The van der Waals surface area contributed by atoms with Crippen molar-refractivity contribution in [2.45, 2.75) is 30.1 Å². The number of benzene rings is 1. The van der Waals surface area contributed by atoms with Crippen LogP contribution < -0.4 is 5.73 Å². The summed E-state index contributed by atoms with van der Waals surface area (Å²) in [6, 6.07) is 5.30. The predicted octanol–water partition coefficient (Wildman–Crippen LogP) is 1.24. The van der Waals surface area contributed by atoms with Gasteiger partial charge in [-0.15, -0.1) is 0 Å². The van der Waals surface area contributed by atoms with Crippen molar-refractivity contribution in [3.8, 4) is 0 Å². The Hall–Kier alpha value is -0.920. The van der Waals surface area contributed by atoms with Crippen molar-refractivity contribution >= 4 is 19.7 Å². The summed E-state index contributed by atoms with van der Waals surface area (Å²) in [7, 11) is -6.73. The molecule has 0 amide bonds. The van der Waals surface area contributed by atoms with Crippen LogP contribution in [0.15, 0.2) is 34.1 Å². The first-order chi connectivity index (χ1) is 8.98. The van der Waals surface area contributed by atoms with Crippen molar-refractivity contribution in [2.75, 3.05) is 18.6 Å². The van der Waals surface area contributed by atoms with E-state index >= 15 is 0 Å². The van der Waals surface area contributed by atoms with Gasteiger partial charge in [0.05, 0.1) is 15.5 Å². The van der Waals surface area contributed by atoms with Gasteiger partial charge in [-0.05, 0) is 42.6 Å². The fraction of sp³-hybridized carbons (Fsp3) is 0.538. The molecular weight excluding hydrogens is 298 g/mol. The average Bonchev–Trinajstić information content (AvgIpc) is 2.36. The molecule has 0 aliphatic heterocycles. The van der Waals surface area contributed by atoms with Gasteiger partial charge in [0, 0.05) is 6.26 Å². The van der Waals surface area contributed by atoms with Crippen LogP contribution in [0.3, 0.4) is 0 Å². The lowest BCUT2D eigenvalue weighted by Crippen LogP contribution is -2.26. The van der Waals surface area contributed by atoms with E-state index in [2.05, 4.69) is 0 Å². The molecule has 0 saturated carbocycles. The van der Waals surface area contributed by atoms with Crippen LogP contribution in [0.1, 0.15) is 20.3 Å². The molecule has 1 rings (SSSR count). The Kier molecular flexibility index (Phi) is 4.99. The molecule has 1 aromatic rings. The zero-order valence-electron chi connectivity index (χ0n) is 12.0. The molecule has 0 radical (unpaired) electrons. The minimum Gasteiger partial charge on any atom is -0.330 e. The summed E-state index contributed by atoms with van der Waals surface area (Å²) in [6.07, 6.45) is 1.54. The Morgan fingerprint density at radius 3 is 1.85 bits per heavy atom. The van der Waals surface area contributed by atoms with Crippen molar-refractivity contribution in [3.63, 3.8) is 0 Å². The number of hydrogen-bond donors (Lipinski definition) is 1. The highest BCUT2D eigenvalue weighted by Gasteiger charge is 2.22. The molecule has 0 bridgehead atoms. The predicted molar refractivity (Wildman–Crippen MR) is 79.1 cm³/mol. The smallest absolute Gasteiger partial charge is 0.178 e. The topological polar surface area (TPSA) is 94.3 Å². The van der Waals surface area contributed by atoms with E-state index in [1.165, 1.54) is 24.3 Å². The fourth-order valence-corrected chi connectivity index (χ4v) is 3.76. The van der Waals surface area contributed by atoms with Crippen molar-refractivity contribution in [1.29, 1.82) is 0 Å². The summed E-state index contributed by atoms with van der Waals surface area (Å²) in [5.74, 6) is -0.00454. The molecule has 20 heavy (non-hydrogen) atoms. The van der Waals surface area contributed by atoms with Gasteiger partial charge in [-0.3, -0.25) is 0 Å². The zero-order valence-corrected chi connectivity index (χ0v) is 13.6. The van der Waals surface area contributed by atoms with Crippen molar-refractivity contribution < 1.29 is 16.8 Å². The first-order valence-corrected chi connectivity index (χ1v) is 9.75. The first kappa shape index (κ1) is 17.1. The van der Waals surface area contributed by atoms with Crippen LogP contribution in [0, 0.1) is 5.41 Å². The van der Waals surface area contributed by atoms with Gasteiger partial charge in [-0.1, -0.05) is 13.8 Å². The Morgan fingerprint density at radius 1 is 1.00 bits per heavy atom. The lowest BCUT2D eigenvalue weighted by Gasteiger charge is -2.21. The van der Waals surface area contributed by atoms with Gasteiger partial charge in [0.2, 0.25) is 0 Å². The third-order valence-electron chi connectivity index (χ3n) is 3.21. The summed E-state index contributed by atoms with van der Waals surface area (Å²) in [5.41, 5.74) is 5.34. The number of nitrogens with two attached hydrogens (primary N) is 1. The monoisotopic (exact) mass is 319 g/mol. The maximum atomic E-state index is 12.2. The van der Waals surface area contributed by atoms with Crippen LogP contribution in [0.4, 0.5) is 0 Å². The van der Waals surface area contributed by atoms with E-state index in [0.29, 0.717) is 13.0 Å². The molecule has 0 heterocycles. The van der Waals surface area contributed by atoms with Gasteiger partial charge in [0.25, 0.3) is 0 Å². The third kappa shape index (κ3) is 4.57. The molecule has 5 nitrogen and oxygen atoms in total. The number of rotatable bonds is 6. The highest BCUT2D eigenvalue weighted by Crippen LogP contribution is 2.22. The van der Waals surface area contributed by atoms with Crippen LogP contribution in [-0.4, -0.2) is 35.4 Å². The second kappa shape index (κ2) is 5.83. The Labute approximate surface area is 121 Å². The molecule has 0 aliphatic carbocycles. The van der Waals surface area contributed by atoms with Gasteiger partial charge in [0.1, 0.15) is 0 Å². The first-order valence-electron chi connectivity index (χ1n) is 6.21. The maximum absolute atomic E-state index is 12.2. The Bertz CT molecular complexity index is 659. The maximum Gasteiger partial charge on any atom is 0.178 e. The van der Waals surface area contributed by atoms with Gasteiger partial charge in [-0.2, -0.15) is 0 Å². The second-order valence-corrected chi connectivity index (χ2v) is 9.81. The molecule has 0 aromatic heterocycles. The molecule has 2 N–H and O–H groups in total. The SMILES string of the molecule is CC(C)(CN)CCS(=O)(=O)c1ccc(S(C)(=O)=O)cc1. The van der Waals surface area contributed by atoms with E-state index in [4.69, 9.17) is 5.73 Å². The summed E-state index contributed by atoms with van der Waals surface area (Å²) in [4.78, 5) is 0.247. The van der Waals surface area contributed by atoms with E-state index in [1.807, 2.05) is 13.8 Å². The van der Waals surface area contributed by atoms with E-state index in [-0.39, 0.29) is 21.0 Å². The molecule has 0 saturated heterocycles. The summed E-state index contributed by atoms with van der Waals surface area (Å²) in [5, 5.41) is 0. The molecule has 0 atom stereocenters. The van der Waals surface area contributed by atoms with E-state index in [0.717, 1.165) is 6.26 Å². The Balaban J connectivity index is 2.94. The van der Waals surface area contributed by atoms with Crippen LogP contribution in [0.2, 0.25) is 0 Å². The van der Waals surface area contributed by atoms with Crippen LogP contribution in [0.5, 0.6) is 0 Å². The number of sulfone groups is 2. The van der Waals surface area contributed by atoms with Gasteiger partial charge < -0.3 is 5.73 Å². The highest BCUT2D eigenvalue weighted by molar-refractivity contribution is 7.91. The Morgan fingerprint density at radius 2 is 1.45 bits per heavy atom. The molecule has 0 fully saturated rings. The van der Waals surface area contributed by atoms with Crippen molar-refractivity contribution in [3.05, 3.63) is 24.3 Å². The van der Waals surface area contributed by atoms with Gasteiger partial charge in [0.15, 0.2) is 19.7 Å². The summed E-state index contributed by atoms with van der Waals surface area (Å²) in [6.45, 7) is 4.24. The molecule has 0 aliphatic rings. The molecule has 114 valence electrons. The fourth-order valence-electron chi connectivity index (χ4n) is 1.52. The van der Waals surface area contributed by atoms with Gasteiger partial charge in [-0.25, -0.2) is 16.8 Å². The van der Waals surface area contributed by atoms with Crippen molar-refractivity contribution in [1.82, 2.24) is 0 Å². The second-order valence-electron chi connectivity index (χ2n) is 5.68. The van der Waals surface area contributed by atoms with Crippen molar-refractivity contribution in [2.24, 2.45) is 11.1 Å². The third-order valence-corrected chi connectivity index (χ3v) is 6.07. The van der Waals surface area contributed by atoms with Crippen LogP contribution >= 0.6 is 0 Å². The minimum atomic E-state index is -3.42. The molecular formula is C13H21NO4S2. The molecule has 1 aromatic carbocycles. The summed E-state index contributed by atoms with van der Waals surface area (Å²) < 4.78 is 47.0. The summed E-state index contributed by atoms with van der Waals surface area (Å²) >= 11 is 0. The minimum absolute atomic E-state index is 0.00454. The lowest BCUT2D eigenvalue weighted by atomic mass is 9.91. The quantitative estimate of drug-likeness (QED) is 0.851. The molecule has 0 spiro atoms. The van der Waals surface area contributed by atoms with Crippen LogP contribution in [-0.2, 0) is 19.7 Å². The van der Waals surface area contributed by atoms with E-state index in [1.54, 1.807) is 0 Å². The van der Waals surface area contributed by atoms with Crippen LogP contribution in [0.25, 0.3) is 0 Å². The highest BCUT2D eigenvalue weighted by atomic mass is 32.2. The lowest BCUT2D eigenvalue weighted by molar-refractivity contribution is 0.365. The van der Waals surface area contributed by atoms with E-state index in [9.17, 15) is 16.8 Å². The molecule has 7 heteroatoms. The van der Waals surface area contributed by atoms with E-state index < -0.39 is 19.7 Å². The average molecular weight is 319 g/mol. The largest absolute Gasteiger partial charge is 0.330 e.